The Kier molecular flexibility index (Phi) is 6.52. The number of anilines is 1. The third-order valence-electron chi connectivity index (χ3n) is 5.87. The number of amides is 3. The molecule has 4 rings (SSSR count). The van der Waals surface area contributed by atoms with Crippen molar-refractivity contribution >= 4 is 46.0 Å². The van der Waals surface area contributed by atoms with Crippen molar-refractivity contribution in [1.29, 1.82) is 0 Å². The third-order valence-corrected chi connectivity index (χ3v) is 7.07. The van der Waals surface area contributed by atoms with Crippen LogP contribution in [0.15, 0.2) is 18.2 Å². The largest absolute Gasteiger partial charge is 0.462 e. The molecule has 2 aromatic rings. The maximum absolute atomic E-state index is 12.8. The molecule has 1 aromatic carbocycles. The number of nitrogens with zero attached hydrogens (tertiary/aromatic N) is 1. The minimum Gasteiger partial charge on any atom is -0.462 e. The highest BCUT2D eigenvalue weighted by Crippen LogP contribution is 2.38. The Labute approximate surface area is 200 Å². The molecule has 1 aliphatic carbocycles. The number of carbonyl (C=O) groups excluding carboxylic acids is 5. The highest BCUT2D eigenvalue weighted by atomic mass is 32.1. The number of thiophene rings is 1. The Balaban J connectivity index is 1.49. The molecule has 1 unspecified atom stereocenters. The molecule has 1 atom stereocenters. The van der Waals surface area contributed by atoms with Gasteiger partial charge in [0.25, 0.3) is 17.7 Å². The Morgan fingerprint density at radius 2 is 1.79 bits per heavy atom. The van der Waals surface area contributed by atoms with E-state index in [1.165, 1.54) is 43.5 Å². The number of hydrogen-bond acceptors (Lipinski definition) is 8. The Bertz CT molecular complexity index is 1220. The van der Waals surface area contributed by atoms with E-state index in [1.54, 1.807) is 6.92 Å². The number of rotatable bonds is 6. The lowest BCUT2D eigenvalue weighted by Gasteiger charge is -2.14. The molecule has 0 fully saturated rings. The van der Waals surface area contributed by atoms with Gasteiger partial charge in [-0.2, -0.15) is 0 Å². The standard InChI is InChI=1S/C24H24N2O7S/c1-4-32-24(31)18-15-7-5-6-8-17(15)34-20(18)25-19(27)12(2)33-23(30)13-9-10-14-16(11-13)22(29)26(3)21(14)28/h9-12H,4-8H2,1-3H3,(H,25,27). The van der Waals surface area contributed by atoms with Crippen LogP contribution < -0.4 is 5.32 Å². The van der Waals surface area contributed by atoms with Crippen molar-refractivity contribution in [3.63, 3.8) is 0 Å². The summed E-state index contributed by atoms with van der Waals surface area (Å²) in [5.74, 6) is -2.83. The molecule has 9 nitrogen and oxygen atoms in total. The number of esters is 2. The molecule has 10 heteroatoms. The van der Waals surface area contributed by atoms with Gasteiger partial charge in [0.15, 0.2) is 6.10 Å². The van der Waals surface area contributed by atoms with Crippen molar-refractivity contribution < 1.29 is 33.4 Å². The lowest BCUT2D eigenvalue weighted by molar-refractivity contribution is -0.123. The molecule has 0 saturated carbocycles. The van der Waals surface area contributed by atoms with Gasteiger partial charge in [0.1, 0.15) is 5.00 Å². The smallest absolute Gasteiger partial charge is 0.341 e. The van der Waals surface area contributed by atoms with Gasteiger partial charge in [0.05, 0.1) is 28.9 Å². The summed E-state index contributed by atoms with van der Waals surface area (Å²) in [7, 11) is 1.36. The summed E-state index contributed by atoms with van der Waals surface area (Å²) in [6, 6.07) is 4.06. The van der Waals surface area contributed by atoms with Crippen LogP contribution in [0.1, 0.15) is 78.6 Å². The fourth-order valence-electron chi connectivity index (χ4n) is 4.06. The number of aryl methyl sites for hydroxylation is 1. The summed E-state index contributed by atoms with van der Waals surface area (Å²) in [6.45, 7) is 3.35. The minimum atomic E-state index is -1.17. The van der Waals surface area contributed by atoms with Crippen LogP contribution in [0.25, 0.3) is 0 Å². The second-order valence-corrected chi connectivity index (χ2v) is 9.21. The van der Waals surface area contributed by atoms with Gasteiger partial charge in [-0.1, -0.05) is 0 Å². The maximum atomic E-state index is 12.8. The molecule has 34 heavy (non-hydrogen) atoms. The van der Waals surface area contributed by atoms with E-state index in [1.807, 2.05) is 0 Å². The molecule has 0 bridgehead atoms. The predicted molar refractivity (Wildman–Crippen MR) is 123 cm³/mol. The molecule has 1 aromatic heterocycles. The van der Waals surface area contributed by atoms with Crippen molar-refractivity contribution in [1.82, 2.24) is 4.90 Å². The maximum Gasteiger partial charge on any atom is 0.341 e. The number of imide groups is 1. The topological polar surface area (TPSA) is 119 Å². The van der Waals surface area contributed by atoms with Gasteiger partial charge in [-0.3, -0.25) is 19.3 Å². The summed E-state index contributed by atoms with van der Waals surface area (Å²) < 4.78 is 10.5. The minimum absolute atomic E-state index is 0.0497. The van der Waals surface area contributed by atoms with E-state index in [-0.39, 0.29) is 23.3 Å². The lowest BCUT2D eigenvalue weighted by Crippen LogP contribution is -2.30. The van der Waals surface area contributed by atoms with E-state index in [9.17, 15) is 24.0 Å². The predicted octanol–water partition coefficient (Wildman–Crippen LogP) is 3.21. The van der Waals surface area contributed by atoms with Crippen molar-refractivity contribution in [3.8, 4) is 0 Å². The first-order valence-corrected chi connectivity index (χ1v) is 11.8. The molecule has 1 aliphatic heterocycles. The normalized spacial score (nSPS) is 15.4. The van der Waals surface area contributed by atoms with Gasteiger partial charge >= 0.3 is 11.9 Å². The van der Waals surface area contributed by atoms with Crippen LogP contribution >= 0.6 is 11.3 Å². The summed E-state index contributed by atoms with van der Waals surface area (Å²) in [6.07, 6.45) is 2.38. The van der Waals surface area contributed by atoms with E-state index in [4.69, 9.17) is 9.47 Å². The van der Waals surface area contributed by atoms with Crippen molar-refractivity contribution in [2.45, 2.75) is 45.6 Å². The fourth-order valence-corrected chi connectivity index (χ4v) is 5.34. The molecule has 2 heterocycles. The lowest BCUT2D eigenvalue weighted by atomic mass is 9.95. The van der Waals surface area contributed by atoms with Crippen LogP contribution in [0.3, 0.4) is 0 Å². The van der Waals surface area contributed by atoms with Crippen molar-refractivity contribution in [2.24, 2.45) is 0 Å². The Hall–Kier alpha value is -3.53. The molecular weight excluding hydrogens is 460 g/mol. The van der Waals surface area contributed by atoms with Crippen LogP contribution in [0.2, 0.25) is 0 Å². The molecule has 178 valence electrons. The number of nitrogens with one attached hydrogen (secondary N) is 1. The molecule has 0 radical (unpaired) electrons. The second-order valence-electron chi connectivity index (χ2n) is 8.10. The number of benzene rings is 1. The Morgan fingerprint density at radius 1 is 1.09 bits per heavy atom. The summed E-state index contributed by atoms with van der Waals surface area (Å²) in [4.78, 5) is 64.2. The molecule has 3 amide bonds. The zero-order chi connectivity index (χ0) is 24.6. The molecule has 1 N–H and O–H groups in total. The summed E-state index contributed by atoms with van der Waals surface area (Å²) in [5, 5.41) is 3.11. The summed E-state index contributed by atoms with van der Waals surface area (Å²) in [5.41, 5.74) is 1.66. The third kappa shape index (κ3) is 4.21. The SMILES string of the molecule is CCOC(=O)c1c(NC(=O)C(C)OC(=O)c2ccc3c(c2)C(=O)N(C)C3=O)sc2c1CCCC2. The monoisotopic (exact) mass is 484 g/mol. The first-order chi connectivity index (χ1) is 16.2. The highest BCUT2D eigenvalue weighted by Gasteiger charge is 2.34. The van der Waals surface area contributed by atoms with E-state index >= 15 is 0 Å². The van der Waals surface area contributed by atoms with Gasteiger partial charge in [-0.05, 0) is 63.3 Å². The van der Waals surface area contributed by atoms with Gasteiger partial charge in [0, 0.05) is 11.9 Å². The fraction of sp³-hybridized carbons (Fsp3) is 0.375. The molecule has 0 spiro atoms. The van der Waals surface area contributed by atoms with Crippen LogP contribution in [0.4, 0.5) is 5.00 Å². The average Bonchev–Trinajstić information content (AvgIpc) is 3.29. The van der Waals surface area contributed by atoms with Crippen LogP contribution in [0.5, 0.6) is 0 Å². The van der Waals surface area contributed by atoms with E-state index in [2.05, 4.69) is 5.32 Å². The molecule has 2 aliphatic rings. The average molecular weight is 485 g/mol. The van der Waals surface area contributed by atoms with E-state index < -0.39 is 35.8 Å². The second kappa shape index (κ2) is 9.38. The molecule has 0 saturated heterocycles. The van der Waals surface area contributed by atoms with Crippen molar-refractivity contribution in [3.05, 3.63) is 50.9 Å². The highest BCUT2D eigenvalue weighted by molar-refractivity contribution is 7.17. The first-order valence-electron chi connectivity index (χ1n) is 11.0. The van der Waals surface area contributed by atoms with Gasteiger partial charge in [-0.25, -0.2) is 9.59 Å². The molecular formula is C24H24N2O7S. The van der Waals surface area contributed by atoms with E-state index in [0.717, 1.165) is 41.0 Å². The summed E-state index contributed by atoms with van der Waals surface area (Å²) >= 11 is 1.34. The van der Waals surface area contributed by atoms with Gasteiger partial charge in [0.2, 0.25) is 0 Å². The quantitative estimate of drug-likeness (QED) is 0.494. The number of hydrogen-bond donors (Lipinski definition) is 1. The van der Waals surface area contributed by atoms with Gasteiger partial charge < -0.3 is 14.8 Å². The zero-order valence-corrected chi connectivity index (χ0v) is 19.9. The van der Waals surface area contributed by atoms with Crippen LogP contribution in [-0.4, -0.2) is 54.3 Å². The Morgan fingerprint density at radius 3 is 2.53 bits per heavy atom. The first kappa shape index (κ1) is 23.6. The zero-order valence-electron chi connectivity index (χ0n) is 19.1. The number of fused-ring (bicyclic) bond motifs is 2. The number of ether oxygens (including phenoxy) is 2. The van der Waals surface area contributed by atoms with Crippen LogP contribution in [-0.2, 0) is 27.1 Å². The van der Waals surface area contributed by atoms with Crippen molar-refractivity contribution in [2.75, 3.05) is 19.0 Å². The van der Waals surface area contributed by atoms with Gasteiger partial charge in [-0.15, -0.1) is 11.3 Å². The van der Waals surface area contributed by atoms with Crippen LogP contribution in [0, 0.1) is 0 Å². The van der Waals surface area contributed by atoms with E-state index in [0.29, 0.717) is 10.6 Å². The number of carbonyl (C=O) groups is 5.